The fourth-order valence-corrected chi connectivity index (χ4v) is 4.33. The van der Waals surface area contributed by atoms with E-state index in [4.69, 9.17) is 9.72 Å². The highest BCUT2D eigenvalue weighted by Crippen LogP contribution is 2.24. The number of ether oxygens (including phenoxy) is 1. The average Bonchev–Trinajstić information content (AvgIpc) is 2.80. The first-order valence-corrected chi connectivity index (χ1v) is 10.6. The van der Waals surface area contributed by atoms with Gasteiger partial charge < -0.3 is 9.64 Å². The van der Waals surface area contributed by atoms with E-state index >= 15 is 0 Å². The number of carbonyl (C=O) groups excluding carboxylic acids is 1. The number of hydrogen-bond donors (Lipinski definition) is 0. The summed E-state index contributed by atoms with van der Waals surface area (Å²) in [7, 11) is 3.38. The van der Waals surface area contributed by atoms with Crippen molar-refractivity contribution in [2.75, 3.05) is 26.7 Å². The number of hydrogen-bond acceptors (Lipinski definition) is 5. The molecule has 7 nitrogen and oxygen atoms in total. The highest BCUT2D eigenvalue weighted by molar-refractivity contribution is 5.95. The van der Waals surface area contributed by atoms with E-state index < -0.39 is 0 Å². The number of carbonyl (C=O) groups is 1. The van der Waals surface area contributed by atoms with Crippen molar-refractivity contribution in [3.63, 3.8) is 0 Å². The number of nitrogens with zero attached hydrogens (tertiary/aromatic N) is 4. The number of methoxy groups -OCH3 is 1. The Balaban J connectivity index is 1.53. The minimum atomic E-state index is -0.0428. The molecule has 1 saturated heterocycles. The minimum Gasteiger partial charge on any atom is -0.497 e. The summed E-state index contributed by atoms with van der Waals surface area (Å²) in [5.41, 5.74) is 1.31. The third kappa shape index (κ3) is 3.93. The van der Waals surface area contributed by atoms with Gasteiger partial charge >= 0.3 is 0 Å². The van der Waals surface area contributed by atoms with Crippen LogP contribution in [0.3, 0.4) is 0 Å². The molecule has 0 radical (unpaired) electrons. The van der Waals surface area contributed by atoms with E-state index in [0.717, 1.165) is 5.82 Å². The van der Waals surface area contributed by atoms with Gasteiger partial charge in [0, 0.05) is 38.3 Å². The first-order chi connectivity index (χ1) is 14.9. The van der Waals surface area contributed by atoms with Crippen molar-refractivity contribution >= 4 is 16.8 Å². The highest BCUT2D eigenvalue weighted by Gasteiger charge is 2.32. The topological polar surface area (TPSA) is 67.7 Å². The van der Waals surface area contributed by atoms with Crippen molar-refractivity contribution in [2.24, 2.45) is 7.05 Å². The molecule has 2 heterocycles. The Kier molecular flexibility index (Phi) is 5.78. The lowest BCUT2D eigenvalue weighted by Crippen LogP contribution is -2.54. The van der Waals surface area contributed by atoms with E-state index in [1.807, 2.05) is 47.4 Å². The second-order valence-corrected chi connectivity index (χ2v) is 8.10. The molecule has 31 heavy (non-hydrogen) atoms. The van der Waals surface area contributed by atoms with Crippen LogP contribution in [0.4, 0.5) is 0 Å². The fraction of sp³-hybridized carbons (Fsp3) is 0.375. The predicted octanol–water partition coefficient (Wildman–Crippen LogP) is 2.85. The van der Waals surface area contributed by atoms with Gasteiger partial charge in [0.05, 0.1) is 24.1 Å². The molecule has 162 valence electrons. The van der Waals surface area contributed by atoms with E-state index in [1.54, 1.807) is 24.8 Å². The van der Waals surface area contributed by atoms with Crippen LogP contribution in [-0.2, 0) is 7.05 Å². The summed E-state index contributed by atoms with van der Waals surface area (Å²) in [6.07, 6.45) is 0. The number of fused-ring (bicyclic) bond motifs is 1. The van der Waals surface area contributed by atoms with E-state index in [1.165, 1.54) is 0 Å². The summed E-state index contributed by atoms with van der Waals surface area (Å²) in [5, 5.41) is 0.628. The first kappa shape index (κ1) is 21.1. The molecule has 0 aliphatic carbocycles. The van der Waals surface area contributed by atoms with Gasteiger partial charge in [0.1, 0.15) is 11.6 Å². The molecular formula is C24H28N4O3. The molecule has 2 aromatic carbocycles. The van der Waals surface area contributed by atoms with E-state index in [-0.39, 0.29) is 23.6 Å². The molecule has 2 unspecified atom stereocenters. The van der Waals surface area contributed by atoms with Crippen LogP contribution in [-0.4, -0.2) is 58.0 Å². The molecule has 4 rings (SSSR count). The molecule has 0 N–H and O–H groups in total. The summed E-state index contributed by atoms with van der Waals surface area (Å²) in [6, 6.07) is 14.7. The van der Waals surface area contributed by atoms with E-state index in [0.29, 0.717) is 41.9 Å². The predicted molar refractivity (Wildman–Crippen MR) is 120 cm³/mol. The van der Waals surface area contributed by atoms with Crippen LogP contribution in [0.25, 0.3) is 10.9 Å². The first-order valence-electron chi connectivity index (χ1n) is 10.6. The minimum absolute atomic E-state index is 0.00920. The second-order valence-electron chi connectivity index (χ2n) is 8.10. The van der Waals surface area contributed by atoms with Crippen molar-refractivity contribution < 1.29 is 9.53 Å². The smallest absolute Gasteiger partial charge is 0.261 e. The molecule has 3 aromatic rings. The summed E-state index contributed by atoms with van der Waals surface area (Å²) in [6.45, 7) is 6.17. The zero-order valence-electron chi connectivity index (χ0n) is 18.4. The lowest BCUT2D eigenvalue weighted by molar-refractivity contribution is 0.0392. The molecule has 1 aliphatic heterocycles. The number of benzene rings is 2. The van der Waals surface area contributed by atoms with Crippen LogP contribution in [0.5, 0.6) is 5.75 Å². The van der Waals surface area contributed by atoms with Crippen LogP contribution >= 0.6 is 0 Å². The average molecular weight is 421 g/mol. The molecular weight excluding hydrogens is 392 g/mol. The van der Waals surface area contributed by atoms with Crippen molar-refractivity contribution in [3.8, 4) is 5.75 Å². The quantitative estimate of drug-likeness (QED) is 0.649. The monoisotopic (exact) mass is 420 g/mol. The molecule has 1 aromatic heterocycles. The van der Waals surface area contributed by atoms with Gasteiger partial charge in [-0.15, -0.1) is 0 Å². The highest BCUT2D eigenvalue weighted by atomic mass is 16.5. The van der Waals surface area contributed by atoms with Gasteiger partial charge in [-0.05, 0) is 44.2 Å². The van der Waals surface area contributed by atoms with Crippen molar-refractivity contribution in [1.82, 2.24) is 19.4 Å². The Labute approximate surface area is 181 Å². The number of rotatable bonds is 4. The van der Waals surface area contributed by atoms with Crippen LogP contribution in [0.15, 0.2) is 53.3 Å². The van der Waals surface area contributed by atoms with Crippen LogP contribution in [0.1, 0.15) is 36.1 Å². The lowest BCUT2D eigenvalue weighted by atomic mass is 10.1. The standard InChI is InChI=1S/C24H28N4O3/c1-16-15-27(12-13-28(16)23(29)18-8-7-9-19(14-18)31-4)17(2)22-25-21-11-6-5-10-20(21)24(30)26(22)3/h5-11,14,16-17H,12-13,15H2,1-4H3. The summed E-state index contributed by atoms with van der Waals surface area (Å²) < 4.78 is 6.90. The van der Waals surface area contributed by atoms with Crippen molar-refractivity contribution in [3.05, 3.63) is 70.3 Å². The Bertz CT molecular complexity index is 1170. The van der Waals surface area contributed by atoms with Crippen LogP contribution in [0.2, 0.25) is 0 Å². The van der Waals surface area contributed by atoms with Gasteiger partial charge in [-0.3, -0.25) is 19.1 Å². The number of para-hydroxylation sites is 1. The van der Waals surface area contributed by atoms with Crippen LogP contribution < -0.4 is 10.3 Å². The molecule has 0 bridgehead atoms. The fourth-order valence-electron chi connectivity index (χ4n) is 4.33. The molecule has 1 amide bonds. The molecule has 7 heteroatoms. The molecule has 1 aliphatic rings. The largest absolute Gasteiger partial charge is 0.497 e. The normalized spacial score (nSPS) is 18.2. The number of aromatic nitrogens is 2. The third-order valence-corrected chi connectivity index (χ3v) is 6.18. The zero-order valence-corrected chi connectivity index (χ0v) is 18.4. The van der Waals surface area contributed by atoms with E-state index in [9.17, 15) is 9.59 Å². The van der Waals surface area contributed by atoms with Crippen LogP contribution in [0, 0.1) is 0 Å². The van der Waals surface area contributed by atoms with Gasteiger partial charge in [-0.2, -0.15) is 0 Å². The maximum absolute atomic E-state index is 13.1. The van der Waals surface area contributed by atoms with Gasteiger partial charge in [0.25, 0.3) is 11.5 Å². The van der Waals surface area contributed by atoms with Gasteiger partial charge in [-0.1, -0.05) is 18.2 Å². The Morgan fingerprint density at radius 3 is 2.68 bits per heavy atom. The van der Waals surface area contributed by atoms with Gasteiger partial charge in [0.2, 0.25) is 0 Å². The van der Waals surface area contributed by atoms with Gasteiger partial charge in [0.15, 0.2) is 0 Å². The molecule has 1 fully saturated rings. The van der Waals surface area contributed by atoms with Gasteiger partial charge in [-0.25, -0.2) is 4.98 Å². The number of piperazine rings is 1. The maximum atomic E-state index is 13.1. The molecule has 0 spiro atoms. The SMILES string of the molecule is COc1cccc(C(=O)N2CCN(C(C)c3nc4ccccc4c(=O)n3C)CC2C)c1. The zero-order chi connectivity index (χ0) is 22.1. The summed E-state index contributed by atoms with van der Waals surface area (Å²) in [5.74, 6) is 1.42. The van der Waals surface area contributed by atoms with Crippen molar-refractivity contribution in [2.45, 2.75) is 25.9 Å². The summed E-state index contributed by atoms with van der Waals surface area (Å²) >= 11 is 0. The maximum Gasteiger partial charge on any atom is 0.261 e. The summed E-state index contributed by atoms with van der Waals surface area (Å²) in [4.78, 5) is 34.8. The second kappa shape index (κ2) is 8.51. The Hall–Kier alpha value is -3.19. The molecule has 2 atom stereocenters. The third-order valence-electron chi connectivity index (χ3n) is 6.18. The molecule has 0 saturated carbocycles. The lowest BCUT2D eigenvalue weighted by Gasteiger charge is -2.42. The van der Waals surface area contributed by atoms with Crippen molar-refractivity contribution in [1.29, 1.82) is 0 Å². The Morgan fingerprint density at radius 1 is 1.16 bits per heavy atom. The number of amides is 1. The van der Waals surface area contributed by atoms with E-state index in [2.05, 4.69) is 18.7 Å². The Morgan fingerprint density at radius 2 is 1.94 bits per heavy atom.